The molecule has 0 amide bonds. The van der Waals surface area contributed by atoms with Crippen molar-refractivity contribution < 1.29 is 18.3 Å². The number of piperidine rings is 1. The van der Waals surface area contributed by atoms with Crippen LogP contribution < -0.4 is 10.3 Å². The minimum Gasteiger partial charge on any atom is -0.493 e. The summed E-state index contributed by atoms with van der Waals surface area (Å²) in [6, 6.07) is 4.70. The number of imidazole rings is 1. The Morgan fingerprint density at radius 2 is 1.82 bits per heavy atom. The number of aromatic amines is 1. The second-order valence-electron chi connectivity index (χ2n) is 10.4. The fourth-order valence-electron chi connectivity index (χ4n) is 5.73. The van der Waals surface area contributed by atoms with Gasteiger partial charge in [0, 0.05) is 25.6 Å². The van der Waals surface area contributed by atoms with E-state index in [9.17, 15) is 18.3 Å². The lowest BCUT2D eigenvalue weighted by molar-refractivity contribution is 0.170. The van der Waals surface area contributed by atoms with Gasteiger partial charge in [-0.2, -0.15) is 4.31 Å². The van der Waals surface area contributed by atoms with Crippen molar-refractivity contribution in [2.45, 2.75) is 76.0 Å². The molecule has 0 radical (unpaired) electrons. The number of hydrogen-bond acceptors (Lipinski definition) is 7. The number of aliphatic hydroxyl groups excluding tert-OH is 1. The maximum absolute atomic E-state index is 13.5. The van der Waals surface area contributed by atoms with Gasteiger partial charge in [0.15, 0.2) is 11.3 Å². The predicted octanol–water partition coefficient (Wildman–Crippen LogP) is 3.62. The van der Waals surface area contributed by atoms with E-state index in [1.165, 1.54) is 29.3 Å². The number of nitrogens with zero attached hydrogens (tertiary/aromatic N) is 4. The Morgan fingerprint density at radius 3 is 2.47 bits per heavy atom. The molecule has 3 heterocycles. The Bertz CT molecular complexity index is 1450. The summed E-state index contributed by atoms with van der Waals surface area (Å²) in [5.41, 5.74) is 1.15. The maximum Gasteiger partial charge on any atom is 0.277 e. The van der Waals surface area contributed by atoms with Crippen molar-refractivity contribution >= 4 is 15.5 Å². The molecule has 1 saturated heterocycles. The Balaban J connectivity index is 1.59. The number of sulfonamides is 1. The minimum absolute atomic E-state index is 0.0686. The summed E-state index contributed by atoms with van der Waals surface area (Å²) in [5, 5.41) is 14.2. The number of aromatic nitrogens is 4. The monoisotopic (exact) mass is 543 g/mol. The average Bonchev–Trinajstić information content (AvgIpc) is 3.07. The fourth-order valence-corrected chi connectivity index (χ4v) is 7.23. The molecule has 2 aromatic heterocycles. The van der Waals surface area contributed by atoms with E-state index in [0.717, 1.165) is 31.5 Å². The number of ether oxygens (including phenoxy) is 1. The van der Waals surface area contributed by atoms with Crippen molar-refractivity contribution in [1.82, 2.24) is 23.9 Å². The predicted molar refractivity (Wildman–Crippen MR) is 144 cm³/mol. The maximum atomic E-state index is 13.5. The van der Waals surface area contributed by atoms with Gasteiger partial charge in [0.05, 0.1) is 22.8 Å². The molecule has 11 heteroatoms. The van der Waals surface area contributed by atoms with Gasteiger partial charge in [0.25, 0.3) is 5.56 Å². The lowest BCUT2D eigenvalue weighted by Gasteiger charge is -2.30. The van der Waals surface area contributed by atoms with Crippen LogP contribution in [-0.2, 0) is 10.0 Å². The SMILES string of the molecule is CCOc1ccc(S(=O)(=O)N2CCC(CO)CC2)cc1-c1nn2c(C3CCCCCC3)nc(C)c2c(=O)[nH]1. The lowest BCUT2D eigenvalue weighted by atomic mass is 10.00. The zero-order valence-electron chi connectivity index (χ0n) is 22.1. The molecule has 206 valence electrons. The van der Waals surface area contributed by atoms with Gasteiger partial charge in [0.2, 0.25) is 10.0 Å². The van der Waals surface area contributed by atoms with Crippen molar-refractivity contribution in [3.63, 3.8) is 0 Å². The molecule has 1 saturated carbocycles. The van der Waals surface area contributed by atoms with Crippen LogP contribution in [0.1, 0.15) is 75.7 Å². The average molecular weight is 544 g/mol. The molecule has 10 nitrogen and oxygen atoms in total. The number of aryl methyl sites for hydroxylation is 1. The molecule has 2 aliphatic rings. The number of H-pyrrole nitrogens is 1. The fraction of sp³-hybridized carbons (Fsp3) is 0.593. The molecule has 38 heavy (non-hydrogen) atoms. The summed E-state index contributed by atoms with van der Waals surface area (Å²) >= 11 is 0. The first-order valence-electron chi connectivity index (χ1n) is 13.7. The van der Waals surface area contributed by atoms with Gasteiger partial charge in [0.1, 0.15) is 11.6 Å². The Morgan fingerprint density at radius 1 is 1.11 bits per heavy atom. The summed E-state index contributed by atoms with van der Waals surface area (Å²) in [5.74, 6) is 1.83. The molecule has 1 aliphatic heterocycles. The quantitative estimate of drug-likeness (QED) is 0.435. The Hall–Kier alpha value is -2.76. The number of rotatable bonds is 7. The summed E-state index contributed by atoms with van der Waals surface area (Å²) in [6.07, 6.45) is 7.91. The van der Waals surface area contributed by atoms with Gasteiger partial charge < -0.3 is 14.8 Å². The number of aliphatic hydroxyl groups is 1. The standard InChI is InChI=1S/C27H37N5O5S/c1-3-37-23-11-10-21(38(35,36)31-14-12-19(17-33)13-15-31)16-22(23)25-29-27(34)24-18(2)28-26(32(24)30-25)20-8-6-4-5-7-9-20/h10-11,16,19-20,33H,3-9,12-15,17H2,1-2H3,(H,29,30,34). The largest absolute Gasteiger partial charge is 0.493 e. The van der Waals surface area contributed by atoms with Crippen molar-refractivity contribution in [2.24, 2.45) is 5.92 Å². The molecule has 3 aromatic rings. The minimum atomic E-state index is -3.78. The van der Waals surface area contributed by atoms with Crippen molar-refractivity contribution in [3.05, 3.63) is 40.1 Å². The first-order valence-corrected chi connectivity index (χ1v) is 15.1. The van der Waals surface area contributed by atoms with E-state index >= 15 is 0 Å². The van der Waals surface area contributed by atoms with Crippen molar-refractivity contribution in [1.29, 1.82) is 0 Å². The Kier molecular flexibility index (Phi) is 7.88. The van der Waals surface area contributed by atoms with Crippen LogP contribution in [0, 0.1) is 12.8 Å². The second kappa shape index (κ2) is 11.2. The second-order valence-corrected chi connectivity index (χ2v) is 12.4. The third-order valence-electron chi connectivity index (χ3n) is 7.90. The van der Waals surface area contributed by atoms with Crippen LogP contribution in [0.4, 0.5) is 0 Å². The van der Waals surface area contributed by atoms with E-state index in [0.29, 0.717) is 55.1 Å². The smallest absolute Gasteiger partial charge is 0.277 e. The normalized spacial score (nSPS) is 18.6. The van der Waals surface area contributed by atoms with E-state index in [1.54, 1.807) is 10.6 Å². The van der Waals surface area contributed by atoms with E-state index in [2.05, 4.69) is 4.98 Å². The Labute approximate surface area is 223 Å². The van der Waals surface area contributed by atoms with Crippen LogP contribution in [0.3, 0.4) is 0 Å². The molecule has 0 unspecified atom stereocenters. The summed E-state index contributed by atoms with van der Waals surface area (Å²) in [7, 11) is -3.78. The summed E-state index contributed by atoms with van der Waals surface area (Å²) in [6.45, 7) is 4.83. The molecular weight excluding hydrogens is 506 g/mol. The first kappa shape index (κ1) is 26.8. The van der Waals surface area contributed by atoms with Crippen molar-refractivity contribution in [3.8, 4) is 17.1 Å². The molecule has 1 aromatic carbocycles. The number of fused-ring (bicyclic) bond motifs is 1. The van der Waals surface area contributed by atoms with Gasteiger partial charge in [-0.3, -0.25) is 4.79 Å². The highest BCUT2D eigenvalue weighted by Crippen LogP contribution is 2.34. The highest BCUT2D eigenvalue weighted by Gasteiger charge is 2.30. The van der Waals surface area contributed by atoms with Gasteiger partial charge in [-0.05, 0) is 63.6 Å². The van der Waals surface area contributed by atoms with Gasteiger partial charge in [-0.15, -0.1) is 5.10 Å². The molecule has 0 bridgehead atoms. The topological polar surface area (TPSA) is 130 Å². The molecule has 0 spiro atoms. The molecule has 2 fully saturated rings. The first-order chi connectivity index (χ1) is 18.3. The lowest BCUT2D eigenvalue weighted by Crippen LogP contribution is -2.39. The van der Waals surface area contributed by atoms with E-state index in [-0.39, 0.29) is 34.7 Å². The van der Waals surface area contributed by atoms with Crippen LogP contribution in [0.25, 0.3) is 16.9 Å². The molecule has 1 aliphatic carbocycles. The third kappa shape index (κ3) is 5.11. The van der Waals surface area contributed by atoms with E-state index in [4.69, 9.17) is 14.8 Å². The van der Waals surface area contributed by atoms with Crippen molar-refractivity contribution in [2.75, 3.05) is 26.3 Å². The van der Waals surface area contributed by atoms with Crippen LogP contribution in [-0.4, -0.2) is 63.7 Å². The van der Waals surface area contributed by atoms with Gasteiger partial charge >= 0.3 is 0 Å². The molecule has 5 rings (SSSR count). The molecule has 0 atom stereocenters. The van der Waals surface area contributed by atoms with Crippen LogP contribution in [0.5, 0.6) is 5.75 Å². The number of hydrogen-bond donors (Lipinski definition) is 2. The van der Waals surface area contributed by atoms with Crippen LogP contribution in [0.15, 0.2) is 27.9 Å². The number of nitrogens with one attached hydrogen (secondary N) is 1. The third-order valence-corrected chi connectivity index (χ3v) is 9.79. The summed E-state index contributed by atoms with van der Waals surface area (Å²) < 4.78 is 36.0. The molecular formula is C27H37N5O5S. The molecule has 2 N–H and O–H groups in total. The number of benzene rings is 1. The van der Waals surface area contributed by atoms with E-state index < -0.39 is 10.0 Å². The zero-order chi connectivity index (χ0) is 26.9. The zero-order valence-corrected chi connectivity index (χ0v) is 23.0. The van der Waals surface area contributed by atoms with E-state index in [1.807, 2.05) is 13.8 Å². The highest BCUT2D eigenvalue weighted by atomic mass is 32.2. The van der Waals surface area contributed by atoms with Crippen LogP contribution in [0.2, 0.25) is 0 Å². The van der Waals surface area contributed by atoms with Gasteiger partial charge in [-0.1, -0.05) is 25.7 Å². The van der Waals surface area contributed by atoms with Crippen LogP contribution >= 0.6 is 0 Å². The summed E-state index contributed by atoms with van der Waals surface area (Å²) in [4.78, 5) is 21.0. The van der Waals surface area contributed by atoms with Gasteiger partial charge in [-0.25, -0.2) is 17.9 Å². The highest BCUT2D eigenvalue weighted by molar-refractivity contribution is 7.89.